The van der Waals surface area contributed by atoms with E-state index in [4.69, 9.17) is 19.9 Å². The van der Waals surface area contributed by atoms with E-state index >= 15 is 0 Å². The Morgan fingerprint density at radius 1 is 1.00 bits per heavy atom. The minimum absolute atomic E-state index is 0.560. The van der Waals surface area contributed by atoms with E-state index in [2.05, 4.69) is 0 Å². The zero-order valence-electron chi connectivity index (χ0n) is 10.4. The number of anilines is 1. The Bertz CT molecular complexity index is 304. The minimum atomic E-state index is 0.560. The van der Waals surface area contributed by atoms with E-state index in [1.54, 1.807) is 7.11 Å². The van der Waals surface area contributed by atoms with Gasteiger partial charge in [-0.15, -0.1) is 0 Å². The average Bonchev–Trinajstić information content (AvgIpc) is 2.35. The summed E-state index contributed by atoms with van der Waals surface area (Å²) in [5.74, 6) is 0. The highest BCUT2D eigenvalue weighted by atomic mass is 16.5. The van der Waals surface area contributed by atoms with E-state index in [0.29, 0.717) is 33.0 Å². The maximum atomic E-state index is 5.80. The molecule has 0 aliphatic rings. The number of para-hydroxylation sites is 1. The fourth-order valence-corrected chi connectivity index (χ4v) is 1.36. The quantitative estimate of drug-likeness (QED) is 0.527. The van der Waals surface area contributed by atoms with Crippen LogP contribution in [0.25, 0.3) is 0 Å². The summed E-state index contributed by atoms with van der Waals surface area (Å²) in [4.78, 5) is 0. The molecule has 4 nitrogen and oxygen atoms in total. The summed E-state index contributed by atoms with van der Waals surface area (Å²) in [6, 6.07) is 7.74. The van der Waals surface area contributed by atoms with Gasteiger partial charge in [-0.3, -0.25) is 0 Å². The van der Waals surface area contributed by atoms with E-state index in [1.807, 2.05) is 24.3 Å². The Labute approximate surface area is 103 Å². The molecule has 0 saturated heterocycles. The third kappa shape index (κ3) is 6.26. The molecule has 0 fully saturated rings. The van der Waals surface area contributed by atoms with Crippen molar-refractivity contribution in [1.82, 2.24) is 0 Å². The smallest absolute Gasteiger partial charge is 0.0736 e. The fraction of sp³-hybridized carbons (Fsp3) is 0.538. The molecule has 1 aromatic carbocycles. The van der Waals surface area contributed by atoms with Gasteiger partial charge in [0.2, 0.25) is 0 Å². The monoisotopic (exact) mass is 239 g/mol. The molecule has 0 unspecified atom stereocenters. The molecule has 0 amide bonds. The predicted molar refractivity (Wildman–Crippen MR) is 67.8 cm³/mol. The van der Waals surface area contributed by atoms with E-state index in [1.165, 1.54) is 0 Å². The second-order valence-corrected chi connectivity index (χ2v) is 3.71. The van der Waals surface area contributed by atoms with Crippen molar-refractivity contribution in [2.24, 2.45) is 0 Å². The summed E-state index contributed by atoms with van der Waals surface area (Å²) >= 11 is 0. The van der Waals surface area contributed by atoms with Crippen molar-refractivity contribution >= 4 is 5.69 Å². The maximum absolute atomic E-state index is 5.80. The lowest BCUT2D eigenvalue weighted by Crippen LogP contribution is -2.06. The number of benzene rings is 1. The number of ether oxygens (including phenoxy) is 3. The van der Waals surface area contributed by atoms with Gasteiger partial charge < -0.3 is 19.9 Å². The molecule has 0 aromatic heterocycles. The largest absolute Gasteiger partial charge is 0.398 e. The number of nitrogens with two attached hydrogens (primary N) is 1. The predicted octanol–water partition coefficient (Wildman–Crippen LogP) is 1.84. The highest BCUT2D eigenvalue weighted by molar-refractivity contribution is 5.45. The van der Waals surface area contributed by atoms with Crippen molar-refractivity contribution in [1.29, 1.82) is 0 Å². The Balaban J connectivity index is 1.99. The van der Waals surface area contributed by atoms with Crippen LogP contribution in [0.3, 0.4) is 0 Å². The second-order valence-electron chi connectivity index (χ2n) is 3.71. The zero-order valence-corrected chi connectivity index (χ0v) is 10.4. The van der Waals surface area contributed by atoms with Gasteiger partial charge in [0.05, 0.1) is 19.8 Å². The zero-order chi connectivity index (χ0) is 12.3. The Morgan fingerprint density at radius 2 is 1.76 bits per heavy atom. The second kappa shape index (κ2) is 8.98. The van der Waals surface area contributed by atoms with Crippen molar-refractivity contribution in [3.63, 3.8) is 0 Å². The molecular weight excluding hydrogens is 218 g/mol. The van der Waals surface area contributed by atoms with Gasteiger partial charge in [0.15, 0.2) is 0 Å². The molecular formula is C13H21NO3. The fourth-order valence-electron chi connectivity index (χ4n) is 1.36. The Morgan fingerprint density at radius 3 is 2.53 bits per heavy atom. The molecule has 2 N–H and O–H groups in total. The van der Waals surface area contributed by atoms with Gasteiger partial charge in [-0.1, -0.05) is 18.2 Å². The first kappa shape index (κ1) is 14.0. The molecule has 1 aromatic rings. The van der Waals surface area contributed by atoms with Gasteiger partial charge in [-0.25, -0.2) is 0 Å². The van der Waals surface area contributed by atoms with Crippen LogP contribution in [0.5, 0.6) is 0 Å². The highest BCUT2D eigenvalue weighted by Crippen LogP contribution is 2.11. The lowest BCUT2D eigenvalue weighted by molar-refractivity contribution is 0.0484. The van der Waals surface area contributed by atoms with Crippen molar-refractivity contribution in [2.75, 3.05) is 39.3 Å². The molecule has 4 heteroatoms. The van der Waals surface area contributed by atoms with E-state index in [0.717, 1.165) is 17.7 Å². The molecule has 0 spiro atoms. The lowest BCUT2D eigenvalue weighted by atomic mass is 10.2. The molecule has 0 aliphatic carbocycles. The number of rotatable bonds is 9. The van der Waals surface area contributed by atoms with Crippen LogP contribution >= 0.6 is 0 Å². The third-order valence-electron chi connectivity index (χ3n) is 2.32. The first-order valence-electron chi connectivity index (χ1n) is 5.82. The van der Waals surface area contributed by atoms with Crippen LogP contribution in [0.1, 0.15) is 12.0 Å². The third-order valence-corrected chi connectivity index (χ3v) is 2.32. The minimum Gasteiger partial charge on any atom is -0.398 e. The molecule has 0 aliphatic heterocycles. The number of nitrogen functional groups attached to an aromatic ring is 1. The molecule has 0 bridgehead atoms. The first-order chi connectivity index (χ1) is 8.34. The Kier molecular flexibility index (Phi) is 7.38. The summed E-state index contributed by atoms with van der Waals surface area (Å²) in [7, 11) is 1.66. The molecule has 1 rings (SSSR count). The standard InChI is InChI=1S/C13H21NO3/c1-15-9-10-16-7-4-8-17-11-12-5-2-3-6-13(12)14/h2-3,5-6H,4,7-11,14H2,1H3. The SMILES string of the molecule is COCCOCCCOCc1ccccc1N. The van der Waals surface area contributed by atoms with Crippen LogP contribution in [-0.4, -0.2) is 33.5 Å². The van der Waals surface area contributed by atoms with Crippen LogP contribution < -0.4 is 5.73 Å². The molecule has 0 atom stereocenters. The highest BCUT2D eigenvalue weighted by Gasteiger charge is 1.97. The Hall–Kier alpha value is -1.10. The van der Waals surface area contributed by atoms with Gasteiger partial charge in [0.1, 0.15) is 0 Å². The van der Waals surface area contributed by atoms with Crippen LogP contribution in [0, 0.1) is 0 Å². The van der Waals surface area contributed by atoms with Crippen molar-refractivity contribution in [3.05, 3.63) is 29.8 Å². The van der Waals surface area contributed by atoms with Gasteiger partial charge in [-0.05, 0) is 12.5 Å². The summed E-state index contributed by atoms with van der Waals surface area (Å²) in [5, 5.41) is 0. The van der Waals surface area contributed by atoms with Crippen LogP contribution in [0.15, 0.2) is 24.3 Å². The van der Waals surface area contributed by atoms with Crippen molar-refractivity contribution in [2.45, 2.75) is 13.0 Å². The summed E-state index contributed by atoms with van der Waals surface area (Å²) in [6.07, 6.45) is 0.885. The van der Waals surface area contributed by atoms with Crippen LogP contribution in [-0.2, 0) is 20.8 Å². The normalized spacial score (nSPS) is 10.6. The van der Waals surface area contributed by atoms with Gasteiger partial charge in [0.25, 0.3) is 0 Å². The van der Waals surface area contributed by atoms with E-state index in [9.17, 15) is 0 Å². The van der Waals surface area contributed by atoms with Gasteiger partial charge >= 0.3 is 0 Å². The summed E-state index contributed by atoms with van der Waals surface area (Å²) in [5.41, 5.74) is 7.61. The van der Waals surface area contributed by atoms with E-state index < -0.39 is 0 Å². The molecule has 96 valence electrons. The molecule has 0 saturated carbocycles. The van der Waals surface area contributed by atoms with Crippen molar-refractivity contribution in [3.8, 4) is 0 Å². The first-order valence-corrected chi connectivity index (χ1v) is 5.82. The summed E-state index contributed by atoms with van der Waals surface area (Å²) in [6.45, 7) is 3.23. The average molecular weight is 239 g/mol. The van der Waals surface area contributed by atoms with Gasteiger partial charge in [-0.2, -0.15) is 0 Å². The van der Waals surface area contributed by atoms with Crippen LogP contribution in [0.2, 0.25) is 0 Å². The van der Waals surface area contributed by atoms with Gasteiger partial charge in [0, 0.05) is 31.6 Å². The number of hydrogen-bond donors (Lipinski definition) is 1. The summed E-state index contributed by atoms with van der Waals surface area (Å²) < 4.78 is 15.7. The topological polar surface area (TPSA) is 53.7 Å². The molecule has 0 heterocycles. The lowest BCUT2D eigenvalue weighted by Gasteiger charge is -2.07. The van der Waals surface area contributed by atoms with E-state index in [-0.39, 0.29) is 0 Å². The van der Waals surface area contributed by atoms with Crippen LogP contribution in [0.4, 0.5) is 5.69 Å². The molecule has 0 radical (unpaired) electrons. The number of methoxy groups -OCH3 is 1. The number of hydrogen-bond acceptors (Lipinski definition) is 4. The molecule has 17 heavy (non-hydrogen) atoms. The van der Waals surface area contributed by atoms with Crippen molar-refractivity contribution < 1.29 is 14.2 Å². The maximum Gasteiger partial charge on any atom is 0.0736 e.